The Kier molecular flexibility index (Phi) is 3.44. The third-order valence-electron chi connectivity index (χ3n) is 2.21. The molecule has 90 valence electrons. The van der Waals surface area contributed by atoms with E-state index < -0.39 is 5.91 Å². The van der Waals surface area contributed by atoms with Gasteiger partial charge in [-0.2, -0.15) is 5.26 Å². The fourth-order valence-corrected chi connectivity index (χ4v) is 1.74. The molecule has 0 spiro atoms. The molecule has 0 radical (unpaired) electrons. The van der Waals surface area contributed by atoms with Gasteiger partial charge in [-0.25, -0.2) is 0 Å². The lowest BCUT2D eigenvalue weighted by Crippen LogP contribution is -2.13. The van der Waals surface area contributed by atoms with E-state index in [0.29, 0.717) is 17.0 Å². The van der Waals surface area contributed by atoms with Gasteiger partial charge in [0.05, 0.1) is 11.3 Å². The van der Waals surface area contributed by atoms with E-state index in [-0.39, 0.29) is 5.69 Å². The predicted octanol–water partition coefficient (Wildman–Crippen LogP) is 2.87. The second-order valence-electron chi connectivity index (χ2n) is 3.58. The van der Waals surface area contributed by atoms with Crippen LogP contribution in [0.15, 0.2) is 33.3 Å². The highest BCUT2D eigenvalue weighted by molar-refractivity contribution is 9.10. The molecular weight excluding hydrogens is 298 g/mol. The van der Waals surface area contributed by atoms with Crippen molar-refractivity contribution in [3.8, 4) is 6.07 Å². The topological polar surface area (TPSA) is 78.9 Å². The van der Waals surface area contributed by atoms with Crippen LogP contribution in [0.25, 0.3) is 0 Å². The maximum absolute atomic E-state index is 11.8. The Morgan fingerprint density at radius 1 is 1.50 bits per heavy atom. The van der Waals surface area contributed by atoms with E-state index in [9.17, 15) is 4.79 Å². The summed E-state index contributed by atoms with van der Waals surface area (Å²) in [5, 5.41) is 15.2. The van der Waals surface area contributed by atoms with Gasteiger partial charge in [-0.15, -0.1) is 0 Å². The summed E-state index contributed by atoms with van der Waals surface area (Å²) in [5.41, 5.74) is 0.989. The fourth-order valence-electron chi connectivity index (χ4n) is 1.38. The van der Waals surface area contributed by atoms with Crippen LogP contribution < -0.4 is 5.32 Å². The summed E-state index contributed by atoms with van der Waals surface area (Å²) in [6, 6.07) is 8.55. The lowest BCUT2D eigenvalue weighted by Gasteiger charge is -2.05. The Morgan fingerprint density at radius 3 is 2.89 bits per heavy atom. The van der Waals surface area contributed by atoms with Crippen molar-refractivity contribution in [1.82, 2.24) is 5.16 Å². The molecule has 0 bridgehead atoms. The molecule has 0 saturated heterocycles. The van der Waals surface area contributed by atoms with Gasteiger partial charge in [0.15, 0.2) is 5.69 Å². The number of hydrogen-bond acceptors (Lipinski definition) is 4. The molecule has 1 N–H and O–H groups in total. The normalized spacial score (nSPS) is 9.83. The van der Waals surface area contributed by atoms with Crippen LogP contribution in [-0.4, -0.2) is 11.1 Å². The molecule has 1 aromatic carbocycles. The van der Waals surface area contributed by atoms with Crippen molar-refractivity contribution < 1.29 is 9.32 Å². The van der Waals surface area contributed by atoms with Crippen LogP contribution in [0.4, 0.5) is 5.69 Å². The smallest absolute Gasteiger partial charge is 0.277 e. The summed E-state index contributed by atoms with van der Waals surface area (Å²) >= 11 is 3.26. The molecule has 5 nitrogen and oxygen atoms in total. The van der Waals surface area contributed by atoms with Gasteiger partial charge in [-0.3, -0.25) is 4.79 Å². The third kappa shape index (κ3) is 2.57. The summed E-state index contributed by atoms with van der Waals surface area (Å²) in [7, 11) is 0. The largest absolute Gasteiger partial charge is 0.361 e. The zero-order valence-electron chi connectivity index (χ0n) is 9.40. The molecule has 0 fully saturated rings. The lowest BCUT2D eigenvalue weighted by molar-refractivity contribution is 0.101. The Hall–Kier alpha value is -2.13. The van der Waals surface area contributed by atoms with E-state index in [1.165, 1.54) is 6.07 Å². The molecule has 0 unspecified atom stereocenters. The quantitative estimate of drug-likeness (QED) is 0.925. The van der Waals surface area contributed by atoms with E-state index in [1.54, 1.807) is 25.1 Å². The maximum Gasteiger partial charge on any atom is 0.277 e. The average molecular weight is 306 g/mol. The lowest BCUT2D eigenvalue weighted by atomic mass is 10.2. The molecule has 2 rings (SSSR count). The standard InChI is InChI=1S/C12H8BrN3O2/c1-7-4-11(16-18-7)12(17)15-10-3-2-9(13)5-8(10)6-14/h2-5H,1H3,(H,15,17). The summed E-state index contributed by atoms with van der Waals surface area (Å²) in [5.74, 6) is 0.141. The second-order valence-corrected chi connectivity index (χ2v) is 4.49. The molecule has 0 atom stereocenters. The van der Waals surface area contributed by atoms with E-state index in [2.05, 4.69) is 26.4 Å². The number of nitriles is 1. The van der Waals surface area contributed by atoms with E-state index in [4.69, 9.17) is 9.78 Å². The van der Waals surface area contributed by atoms with Crippen LogP contribution in [0.2, 0.25) is 0 Å². The number of hydrogen-bond donors (Lipinski definition) is 1. The Labute approximate surface area is 112 Å². The zero-order valence-corrected chi connectivity index (χ0v) is 11.0. The first-order valence-corrected chi connectivity index (χ1v) is 5.84. The number of nitrogens with zero attached hydrogens (tertiary/aromatic N) is 2. The van der Waals surface area contributed by atoms with Gasteiger partial charge in [-0.05, 0) is 25.1 Å². The molecule has 0 saturated carbocycles. The van der Waals surface area contributed by atoms with Crippen molar-refractivity contribution in [1.29, 1.82) is 5.26 Å². The molecule has 6 heteroatoms. The molecular formula is C12H8BrN3O2. The Bertz CT molecular complexity index is 643. The summed E-state index contributed by atoms with van der Waals surface area (Å²) in [6.07, 6.45) is 0. The first-order valence-electron chi connectivity index (χ1n) is 5.04. The highest BCUT2D eigenvalue weighted by Crippen LogP contribution is 2.20. The highest BCUT2D eigenvalue weighted by Gasteiger charge is 2.13. The van der Waals surface area contributed by atoms with E-state index in [1.807, 2.05) is 6.07 Å². The number of anilines is 1. The van der Waals surface area contributed by atoms with Crippen LogP contribution in [0.3, 0.4) is 0 Å². The van der Waals surface area contributed by atoms with Gasteiger partial charge in [0.2, 0.25) is 0 Å². The monoisotopic (exact) mass is 305 g/mol. The number of carbonyl (C=O) groups excluding carboxylic acids is 1. The SMILES string of the molecule is Cc1cc(C(=O)Nc2ccc(Br)cc2C#N)no1. The average Bonchev–Trinajstić information content (AvgIpc) is 2.78. The Morgan fingerprint density at radius 2 is 2.28 bits per heavy atom. The van der Waals surface area contributed by atoms with Gasteiger partial charge >= 0.3 is 0 Å². The van der Waals surface area contributed by atoms with Crippen LogP contribution in [0.1, 0.15) is 21.8 Å². The van der Waals surface area contributed by atoms with Gasteiger partial charge in [0.1, 0.15) is 11.8 Å². The van der Waals surface area contributed by atoms with E-state index in [0.717, 1.165) is 4.47 Å². The number of aryl methyl sites for hydroxylation is 1. The first-order chi connectivity index (χ1) is 8.60. The van der Waals surface area contributed by atoms with Crippen LogP contribution in [0.5, 0.6) is 0 Å². The zero-order chi connectivity index (χ0) is 13.1. The molecule has 0 aliphatic carbocycles. The van der Waals surface area contributed by atoms with Crippen molar-refractivity contribution in [2.24, 2.45) is 0 Å². The minimum atomic E-state index is -0.411. The van der Waals surface area contributed by atoms with E-state index >= 15 is 0 Å². The van der Waals surface area contributed by atoms with Crippen LogP contribution in [0, 0.1) is 18.3 Å². The van der Waals surface area contributed by atoms with Gasteiger partial charge < -0.3 is 9.84 Å². The predicted molar refractivity (Wildman–Crippen MR) is 68.1 cm³/mol. The van der Waals surface area contributed by atoms with Gasteiger partial charge in [-0.1, -0.05) is 21.1 Å². The Balaban J connectivity index is 2.25. The molecule has 1 aromatic heterocycles. The number of rotatable bonds is 2. The molecule has 18 heavy (non-hydrogen) atoms. The summed E-state index contributed by atoms with van der Waals surface area (Å²) in [6.45, 7) is 1.70. The van der Waals surface area contributed by atoms with Crippen molar-refractivity contribution in [2.45, 2.75) is 6.92 Å². The molecule has 1 amide bonds. The number of nitrogens with one attached hydrogen (secondary N) is 1. The summed E-state index contributed by atoms with van der Waals surface area (Å²) < 4.78 is 5.59. The van der Waals surface area contributed by atoms with Crippen LogP contribution >= 0.6 is 15.9 Å². The first kappa shape index (κ1) is 12.3. The summed E-state index contributed by atoms with van der Waals surface area (Å²) in [4.78, 5) is 11.8. The molecule has 1 heterocycles. The number of aromatic nitrogens is 1. The second kappa shape index (κ2) is 5.02. The minimum Gasteiger partial charge on any atom is -0.361 e. The third-order valence-corrected chi connectivity index (χ3v) is 2.70. The van der Waals surface area contributed by atoms with Crippen molar-refractivity contribution in [3.05, 3.63) is 45.8 Å². The molecule has 0 aliphatic heterocycles. The molecule has 0 aliphatic rings. The number of halogens is 1. The number of amides is 1. The van der Waals surface area contributed by atoms with Gasteiger partial charge in [0.25, 0.3) is 5.91 Å². The fraction of sp³-hybridized carbons (Fsp3) is 0.0833. The number of benzene rings is 1. The van der Waals surface area contributed by atoms with Gasteiger partial charge in [0, 0.05) is 10.5 Å². The van der Waals surface area contributed by atoms with Crippen molar-refractivity contribution in [2.75, 3.05) is 5.32 Å². The maximum atomic E-state index is 11.8. The van der Waals surface area contributed by atoms with Crippen molar-refractivity contribution in [3.63, 3.8) is 0 Å². The number of carbonyl (C=O) groups is 1. The molecule has 2 aromatic rings. The minimum absolute atomic E-state index is 0.180. The van der Waals surface area contributed by atoms with Crippen LogP contribution in [-0.2, 0) is 0 Å². The van der Waals surface area contributed by atoms with Crippen molar-refractivity contribution >= 4 is 27.5 Å². The highest BCUT2D eigenvalue weighted by atomic mass is 79.9.